The summed E-state index contributed by atoms with van der Waals surface area (Å²) < 4.78 is 10.8. The van der Waals surface area contributed by atoms with E-state index in [9.17, 15) is 20.3 Å². The van der Waals surface area contributed by atoms with Gasteiger partial charge in [0.15, 0.2) is 11.5 Å². The van der Waals surface area contributed by atoms with Crippen molar-refractivity contribution in [2.24, 2.45) is 0 Å². The van der Waals surface area contributed by atoms with E-state index in [1.54, 1.807) is 12.1 Å². The molecule has 0 amide bonds. The molecular weight excluding hydrogens is 302 g/mol. The zero-order chi connectivity index (χ0) is 16.1. The third-order valence-corrected chi connectivity index (χ3v) is 3.93. The van der Waals surface area contributed by atoms with E-state index in [-0.39, 0.29) is 23.4 Å². The van der Waals surface area contributed by atoms with Crippen LogP contribution in [0.1, 0.15) is 10.4 Å². The number of ether oxygens (including phenoxy) is 2. The Balaban J connectivity index is 2.31. The van der Waals surface area contributed by atoms with Gasteiger partial charge in [-0.25, -0.2) is 4.79 Å². The second kappa shape index (κ2) is 4.82. The van der Waals surface area contributed by atoms with Gasteiger partial charge in [0.1, 0.15) is 0 Å². The number of hydrogen-bond acceptors (Lipinski definition) is 5. The molecule has 7 heteroatoms. The number of hydrogen-bond donors (Lipinski definition) is 4. The topological polar surface area (TPSA) is 101 Å². The molecule has 0 spiro atoms. The first-order valence-corrected chi connectivity index (χ1v) is 6.84. The first kappa shape index (κ1) is 13.8. The summed E-state index contributed by atoms with van der Waals surface area (Å²) in [6.45, 7) is -0.0130. The minimum absolute atomic E-state index is 0.0130. The van der Waals surface area contributed by atoms with Crippen molar-refractivity contribution < 1.29 is 35.0 Å². The van der Waals surface area contributed by atoms with Gasteiger partial charge in [-0.2, -0.15) is 10.4 Å². The average Bonchev–Trinajstić information content (AvgIpc) is 3.00. The summed E-state index contributed by atoms with van der Waals surface area (Å²) in [7, 11) is 0. The predicted molar refractivity (Wildman–Crippen MR) is 78.7 cm³/mol. The van der Waals surface area contributed by atoms with E-state index in [4.69, 9.17) is 9.47 Å². The highest BCUT2D eigenvalue weighted by molar-refractivity contribution is 6.20. The van der Waals surface area contributed by atoms with Gasteiger partial charge in [0, 0.05) is 11.5 Å². The number of aromatic carboxylic acids is 1. The lowest BCUT2D eigenvalue weighted by Crippen LogP contribution is -3.02. The van der Waals surface area contributed by atoms with Crippen molar-refractivity contribution in [3.8, 4) is 11.5 Å². The molecule has 0 unspecified atom stereocenters. The van der Waals surface area contributed by atoms with Crippen molar-refractivity contribution in [3.63, 3.8) is 0 Å². The molecule has 116 valence electrons. The monoisotopic (exact) mass is 314 g/mol. The van der Waals surface area contributed by atoms with E-state index < -0.39 is 11.2 Å². The van der Waals surface area contributed by atoms with E-state index in [0.717, 1.165) is 10.8 Å². The Labute approximate surface area is 129 Å². The summed E-state index contributed by atoms with van der Waals surface area (Å²) in [6, 6.07) is 10.1. The lowest BCUT2D eigenvalue weighted by molar-refractivity contribution is -1.19. The number of fused-ring (bicyclic) bond motifs is 5. The molecule has 0 fully saturated rings. The zero-order valence-corrected chi connectivity index (χ0v) is 11.7. The van der Waals surface area contributed by atoms with E-state index in [0.29, 0.717) is 16.9 Å². The van der Waals surface area contributed by atoms with Crippen molar-refractivity contribution in [2.45, 2.75) is 0 Å². The maximum absolute atomic E-state index is 11.7. The minimum Gasteiger partial charge on any atom is -0.478 e. The average molecular weight is 314 g/mol. The highest BCUT2D eigenvalue weighted by Crippen LogP contribution is 2.46. The van der Waals surface area contributed by atoms with Gasteiger partial charge in [-0.3, -0.25) is 0 Å². The molecule has 3 aromatic rings. The summed E-state index contributed by atoms with van der Waals surface area (Å²) in [4.78, 5) is 11.7. The molecule has 1 aliphatic rings. The number of carboxylic acids is 1. The molecule has 1 aliphatic heterocycles. The normalized spacial score (nSPS) is 13.2. The molecule has 0 saturated heterocycles. The maximum Gasteiger partial charge on any atom is 0.336 e. The van der Waals surface area contributed by atoms with Crippen LogP contribution in [0.5, 0.6) is 11.5 Å². The molecule has 1 heterocycles. The van der Waals surface area contributed by atoms with Gasteiger partial charge in [-0.05, 0) is 22.1 Å². The lowest BCUT2D eigenvalue weighted by atomic mass is 9.95. The number of nitrogens with one attached hydrogen (secondary N) is 1. The second-order valence-electron chi connectivity index (χ2n) is 5.18. The smallest absolute Gasteiger partial charge is 0.336 e. The molecule has 0 atom stereocenters. The van der Waals surface area contributed by atoms with Crippen LogP contribution in [0, 0.1) is 0 Å². The van der Waals surface area contributed by atoms with E-state index >= 15 is 0 Å². The predicted octanol–water partition coefficient (Wildman–Crippen LogP) is 1.71. The molecule has 3 aromatic carbocycles. The zero-order valence-electron chi connectivity index (χ0n) is 11.7. The summed E-state index contributed by atoms with van der Waals surface area (Å²) in [5, 5.41) is 30.0. The highest BCUT2D eigenvalue weighted by atomic mass is 16.8. The summed E-state index contributed by atoms with van der Waals surface area (Å²) >= 11 is 0. The van der Waals surface area contributed by atoms with Crippen molar-refractivity contribution in [1.29, 1.82) is 0 Å². The Bertz CT molecular complexity index is 966. The third kappa shape index (κ3) is 1.92. The van der Waals surface area contributed by atoms with Crippen LogP contribution in [0.25, 0.3) is 21.5 Å². The van der Waals surface area contributed by atoms with Crippen LogP contribution in [0.15, 0.2) is 36.4 Å². The van der Waals surface area contributed by atoms with Crippen LogP contribution in [0.3, 0.4) is 0 Å². The molecule has 7 nitrogen and oxygen atoms in total. The Kier molecular flexibility index (Phi) is 2.88. The molecule has 4 rings (SSSR count). The summed E-state index contributed by atoms with van der Waals surface area (Å²) in [6.07, 6.45) is 0. The molecule has 0 aromatic heterocycles. The summed E-state index contributed by atoms with van der Waals surface area (Å²) in [5.74, 6) is -0.454. The van der Waals surface area contributed by atoms with Crippen LogP contribution in [0.2, 0.25) is 0 Å². The Morgan fingerprint density at radius 3 is 2.61 bits per heavy atom. The van der Waals surface area contributed by atoms with Crippen LogP contribution in [0.4, 0.5) is 5.69 Å². The maximum atomic E-state index is 11.7. The highest BCUT2D eigenvalue weighted by Gasteiger charge is 2.29. The van der Waals surface area contributed by atoms with Gasteiger partial charge >= 0.3 is 5.97 Å². The molecular formula is C16H12NO6+. The molecule has 23 heavy (non-hydrogen) atoms. The largest absolute Gasteiger partial charge is 0.478 e. The van der Waals surface area contributed by atoms with Gasteiger partial charge in [0.05, 0.1) is 10.9 Å². The van der Waals surface area contributed by atoms with Gasteiger partial charge in [0.2, 0.25) is 12.5 Å². The number of carboxylic acid groups (broad SMARTS) is 1. The minimum atomic E-state index is -1.19. The Morgan fingerprint density at radius 2 is 1.87 bits per heavy atom. The summed E-state index contributed by atoms with van der Waals surface area (Å²) in [5.41, 5.74) is -0.0417. The third-order valence-electron chi connectivity index (χ3n) is 3.93. The molecule has 4 N–H and O–H groups in total. The first-order chi connectivity index (χ1) is 11.1. The van der Waals surface area contributed by atoms with Crippen molar-refractivity contribution in [1.82, 2.24) is 0 Å². The van der Waals surface area contributed by atoms with E-state index in [2.05, 4.69) is 0 Å². The molecule has 0 bridgehead atoms. The fraction of sp³-hybridized carbons (Fsp3) is 0.0625. The molecule has 0 radical (unpaired) electrons. The quantitative estimate of drug-likeness (QED) is 0.424. The van der Waals surface area contributed by atoms with E-state index in [1.165, 1.54) is 6.07 Å². The lowest BCUT2D eigenvalue weighted by Gasteiger charge is -2.13. The number of carbonyl (C=O) groups is 1. The Hall–Kier alpha value is -2.87. The van der Waals surface area contributed by atoms with Crippen LogP contribution < -0.4 is 14.7 Å². The van der Waals surface area contributed by atoms with Crippen molar-refractivity contribution >= 4 is 33.2 Å². The first-order valence-electron chi connectivity index (χ1n) is 6.84. The van der Waals surface area contributed by atoms with Crippen LogP contribution in [-0.2, 0) is 0 Å². The number of benzene rings is 3. The number of rotatable bonds is 2. The second-order valence-corrected chi connectivity index (χ2v) is 5.18. The Morgan fingerprint density at radius 1 is 1.09 bits per heavy atom. The fourth-order valence-corrected chi connectivity index (χ4v) is 3.00. The van der Waals surface area contributed by atoms with E-state index in [1.807, 2.05) is 18.2 Å². The van der Waals surface area contributed by atoms with Crippen molar-refractivity contribution in [2.75, 3.05) is 6.79 Å². The van der Waals surface area contributed by atoms with Gasteiger partial charge in [0.25, 0.3) is 0 Å². The number of quaternary nitrogens is 1. The molecule has 0 aliphatic carbocycles. The van der Waals surface area contributed by atoms with Crippen molar-refractivity contribution in [3.05, 3.63) is 42.0 Å². The van der Waals surface area contributed by atoms with Crippen LogP contribution >= 0.6 is 0 Å². The fourth-order valence-electron chi connectivity index (χ4n) is 3.00. The molecule has 0 saturated carbocycles. The van der Waals surface area contributed by atoms with Gasteiger partial charge in [-0.15, -0.1) is 0 Å². The standard InChI is InChI=1S/C16H11NO6/c18-16(19)10-6-12-15(23-7-22-12)14-9-4-2-1-3-8(9)5-11(13(10)14)17(20)21/h1-6,20-21H,7H2,(H,18,19)/p+1. The van der Waals surface area contributed by atoms with Crippen LogP contribution in [-0.4, -0.2) is 28.3 Å². The SMILES string of the molecule is O=C(O)c1cc2c(c3c1c([NH+](O)O)cc1ccccc13)OCO2. The van der Waals surface area contributed by atoms with Gasteiger partial charge in [-0.1, -0.05) is 24.3 Å². The van der Waals surface area contributed by atoms with Gasteiger partial charge < -0.3 is 14.6 Å².